The summed E-state index contributed by atoms with van der Waals surface area (Å²) in [5, 5.41) is 2.12. The number of rotatable bonds is 5. The van der Waals surface area contributed by atoms with Gasteiger partial charge in [-0.15, -0.1) is 11.3 Å². The Balaban J connectivity index is 2.20. The summed E-state index contributed by atoms with van der Waals surface area (Å²) in [7, 11) is -2.18. The predicted octanol–water partition coefficient (Wildman–Crippen LogP) is 1.14. The van der Waals surface area contributed by atoms with E-state index in [1.807, 2.05) is 24.3 Å². The molecule has 19 heavy (non-hydrogen) atoms. The van der Waals surface area contributed by atoms with Gasteiger partial charge in [-0.05, 0) is 5.56 Å². The van der Waals surface area contributed by atoms with Crippen molar-refractivity contribution in [2.24, 2.45) is 5.73 Å². The molecule has 0 atom stereocenters. The Kier molecular flexibility index (Phi) is 4.15. The summed E-state index contributed by atoms with van der Waals surface area (Å²) in [6.07, 6.45) is 0. The smallest absolute Gasteiger partial charge is 0.300 e. The van der Waals surface area contributed by atoms with Crippen LogP contribution in [0.5, 0.6) is 0 Å². The van der Waals surface area contributed by atoms with Crippen LogP contribution in [0.2, 0.25) is 0 Å². The molecule has 1 aromatic carbocycles. The lowest BCUT2D eigenvalue weighted by Crippen LogP contribution is -2.26. The molecule has 0 fully saturated rings. The lowest BCUT2D eigenvalue weighted by atomic mass is 10.1. The lowest BCUT2D eigenvalue weighted by Gasteiger charge is -2.02. The highest BCUT2D eigenvalue weighted by atomic mass is 32.2. The average molecular weight is 298 g/mol. The van der Waals surface area contributed by atoms with E-state index < -0.39 is 10.2 Å². The molecule has 0 aliphatic carbocycles. The summed E-state index contributed by atoms with van der Waals surface area (Å²) in [6, 6.07) is 7.67. The third-order valence-corrected chi connectivity index (χ3v) is 4.37. The Bertz CT molecular complexity index is 650. The first-order valence-electron chi connectivity index (χ1n) is 5.50. The van der Waals surface area contributed by atoms with Gasteiger partial charge in [0.05, 0.1) is 5.69 Å². The van der Waals surface area contributed by atoms with Crippen LogP contribution in [0, 0.1) is 0 Å². The van der Waals surface area contributed by atoms with Crippen LogP contribution in [-0.2, 0) is 16.8 Å². The van der Waals surface area contributed by atoms with Gasteiger partial charge in [0.15, 0.2) is 5.13 Å². The molecule has 8 heteroatoms. The number of nitrogens with one attached hydrogen (secondary N) is 2. The molecule has 0 spiro atoms. The van der Waals surface area contributed by atoms with E-state index in [4.69, 9.17) is 5.73 Å². The van der Waals surface area contributed by atoms with Gasteiger partial charge in [0.25, 0.3) is 0 Å². The fourth-order valence-corrected chi connectivity index (χ4v) is 2.89. The molecular weight excluding hydrogens is 284 g/mol. The van der Waals surface area contributed by atoms with Crippen molar-refractivity contribution >= 4 is 26.7 Å². The normalized spacial score (nSPS) is 11.5. The Labute approximate surface area is 115 Å². The highest BCUT2D eigenvalue weighted by Crippen LogP contribution is 2.25. The molecule has 1 heterocycles. The summed E-state index contributed by atoms with van der Waals surface area (Å²) in [4.78, 5) is 4.23. The average Bonchev–Trinajstić information content (AvgIpc) is 2.86. The van der Waals surface area contributed by atoms with Gasteiger partial charge in [-0.25, -0.2) is 14.4 Å². The van der Waals surface area contributed by atoms with E-state index in [0.29, 0.717) is 11.7 Å². The van der Waals surface area contributed by atoms with E-state index in [1.165, 1.54) is 18.4 Å². The Morgan fingerprint density at radius 2 is 2.00 bits per heavy atom. The molecule has 0 radical (unpaired) electrons. The molecule has 0 saturated carbocycles. The Morgan fingerprint density at radius 1 is 1.32 bits per heavy atom. The number of hydrogen-bond acceptors (Lipinski definition) is 5. The van der Waals surface area contributed by atoms with Crippen molar-refractivity contribution in [1.29, 1.82) is 0 Å². The monoisotopic (exact) mass is 298 g/mol. The minimum absolute atomic E-state index is 0.326. The van der Waals surface area contributed by atoms with Crippen LogP contribution in [0.4, 0.5) is 5.13 Å². The van der Waals surface area contributed by atoms with Gasteiger partial charge < -0.3 is 5.73 Å². The van der Waals surface area contributed by atoms with Crippen LogP contribution >= 0.6 is 11.3 Å². The van der Waals surface area contributed by atoms with E-state index in [0.717, 1.165) is 16.8 Å². The zero-order valence-electron chi connectivity index (χ0n) is 10.3. The summed E-state index contributed by atoms with van der Waals surface area (Å²) < 4.78 is 27.2. The SMILES string of the molecule is CNS(=O)(=O)Nc1nc(-c2ccc(CN)cc2)cs1. The second kappa shape index (κ2) is 5.66. The number of nitrogens with two attached hydrogens (primary N) is 1. The van der Waals surface area contributed by atoms with Crippen LogP contribution in [0.3, 0.4) is 0 Å². The number of benzene rings is 1. The first kappa shape index (κ1) is 13.9. The molecule has 0 bridgehead atoms. The lowest BCUT2D eigenvalue weighted by molar-refractivity contribution is 0.593. The van der Waals surface area contributed by atoms with Gasteiger partial charge in [-0.1, -0.05) is 24.3 Å². The van der Waals surface area contributed by atoms with Crippen molar-refractivity contribution in [1.82, 2.24) is 9.71 Å². The molecule has 0 unspecified atom stereocenters. The van der Waals surface area contributed by atoms with Gasteiger partial charge in [-0.2, -0.15) is 8.42 Å². The largest absolute Gasteiger partial charge is 0.326 e. The van der Waals surface area contributed by atoms with Crippen LogP contribution in [0.15, 0.2) is 29.6 Å². The molecule has 0 aliphatic heterocycles. The standard InChI is InChI=1S/C11H14N4O2S2/c1-13-19(16,17)15-11-14-10(7-18-11)9-4-2-8(6-12)3-5-9/h2-5,7,13H,6,12H2,1H3,(H,14,15). The molecule has 6 nitrogen and oxygen atoms in total. The second-order valence-electron chi connectivity index (χ2n) is 3.75. The van der Waals surface area contributed by atoms with E-state index in [1.54, 1.807) is 5.38 Å². The number of thiazole rings is 1. The van der Waals surface area contributed by atoms with Crippen molar-refractivity contribution in [3.05, 3.63) is 35.2 Å². The Hall–Kier alpha value is -1.48. The molecule has 1 aromatic heterocycles. The van der Waals surface area contributed by atoms with Gasteiger partial charge in [-0.3, -0.25) is 0 Å². The molecule has 2 aromatic rings. The Morgan fingerprint density at radius 3 is 2.58 bits per heavy atom. The van der Waals surface area contributed by atoms with E-state index >= 15 is 0 Å². The first-order chi connectivity index (χ1) is 9.04. The van der Waals surface area contributed by atoms with Crippen molar-refractivity contribution in [3.63, 3.8) is 0 Å². The zero-order chi connectivity index (χ0) is 13.9. The van der Waals surface area contributed by atoms with Crippen LogP contribution in [-0.4, -0.2) is 20.4 Å². The molecule has 102 valence electrons. The highest BCUT2D eigenvalue weighted by Gasteiger charge is 2.10. The van der Waals surface area contributed by atoms with Crippen molar-refractivity contribution in [2.75, 3.05) is 11.8 Å². The second-order valence-corrected chi connectivity index (χ2v) is 6.23. The third kappa shape index (κ3) is 3.51. The van der Waals surface area contributed by atoms with Gasteiger partial charge >= 0.3 is 10.2 Å². The molecule has 0 aliphatic rings. The number of nitrogens with zero attached hydrogens (tertiary/aromatic N) is 1. The fourth-order valence-electron chi connectivity index (χ4n) is 1.43. The molecule has 0 amide bonds. The highest BCUT2D eigenvalue weighted by molar-refractivity contribution is 7.91. The maximum absolute atomic E-state index is 11.3. The fraction of sp³-hybridized carbons (Fsp3) is 0.182. The van der Waals surface area contributed by atoms with Crippen molar-refractivity contribution in [3.8, 4) is 11.3 Å². The van der Waals surface area contributed by atoms with Gasteiger partial charge in [0.2, 0.25) is 0 Å². The van der Waals surface area contributed by atoms with Gasteiger partial charge in [0, 0.05) is 24.5 Å². The molecule has 0 saturated heterocycles. The van der Waals surface area contributed by atoms with Crippen LogP contribution < -0.4 is 15.2 Å². The van der Waals surface area contributed by atoms with Crippen LogP contribution in [0.25, 0.3) is 11.3 Å². The third-order valence-electron chi connectivity index (χ3n) is 2.48. The first-order valence-corrected chi connectivity index (χ1v) is 7.86. The number of hydrogen-bond donors (Lipinski definition) is 3. The number of anilines is 1. The maximum Gasteiger partial charge on any atom is 0.300 e. The van der Waals surface area contributed by atoms with E-state index in [-0.39, 0.29) is 0 Å². The minimum Gasteiger partial charge on any atom is -0.326 e. The predicted molar refractivity (Wildman–Crippen MR) is 77.0 cm³/mol. The van der Waals surface area contributed by atoms with Gasteiger partial charge in [0.1, 0.15) is 0 Å². The number of aromatic nitrogens is 1. The quantitative estimate of drug-likeness (QED) is 0.771. The zero-order valence-corrected chi connectivity index (χ0v) is 11.9. The molecular formula is C11H14N4O2S2. The maximum atomic E-state index is 11.3. The van der Waals surface area contributed by atoms with E-state index in [9.17, 15) is 8.42 Å². The van der Waals surface area contributed by atoms with E-state index in [2.05, 4.69) is 14.4 Å². The molecule has 4 N–H and O–H groups in total. The summed E-state index contributed by atoms with van der Waals surface area (Å²) in [6.45, 7) is 0.491. The minimum atomic E-state index is -3.52. The molecule has 2 rings (SSSR count). The summed E-state index contributed by atoms with van der Waals surface area (Å²) >= 11 is 1.23. The summed E-state index contributed by atoms with van der Waals surface area (Å²) in [5.74, 6) is 0. The topological polar surface area (TPSA) is 97.1 Å². The summed E-state index contributed by atoms with van der Waals surface area (Å²) in [5.41, 5.74) is 8.21. The van der Waals surface area contributed by atoms with Crippen molar-refractivity contribution < 1.29 is 8.42 Å². The van der Waals surface area contributed by atoms with Crippen LogP contribution in [0.1, 0.15) is 5.56 Å². The van der Waals surface area contributed by atoms with Crippen molar-refractivity contribution in [2.45, 2.75) is 6.54 Å².